The Kier molecular flexibility index (Phi) is 7.83. The van der Waals surface area contributed by atoms with Crippen molar-refractivity contribution in [2.24, 2.45) is 0 Å². The molecule has 0 saturated carbocycles. The SMILES string of the molecule is C[N+](C)(C)CC(CC(=O)[O-])OC(=O)CCCCC(=O)O. The van der Waals surface area contributed by atoms with Crippen molar-refractivity contribution in [3.63, 3.8) is 0 Å². The maximum Gasteiger partial charge on any atom is 0.306 e. The average Bonchev–Trinajstić information content (AvgIpc) is 2.20. The van der Waals surface area contributed by atoms with Gasteiger partial charge >= 0.3 is 11.9 Å². The number of ether oxygens (including phenoxy) is 1. The summed E-state index contributed by atoms with van der Waals surface area (Å²) < 4.78 is 5.58. The van der Waals surface area contributed by atoms with Gasteiger partial charge in [0.15, 0.2) is 6.10 Å². The van der Waals surface area contributed by atoms with Crippen molar-refractivity contribution in [1.29, 1.82) is 0 Å². The number of hydrogen-bond acceptors (Lipinski definition) is 5. The largest absolute Gasteiger partial charge is 0.550 e. The summed E-state index contributed by atoms with van der Waals surface area (Å²) in [7, 11) is 5.59. The maximum absolute atomic E-state index is 11.6. The summed E-state index contributed by atoms with van der Waals surface area (Å²) >= 11 is 0. The lowest BCUT2D eigenvalue weighted by atomic mass is 10.2. The van der Waals surface area contributed by atoms with E-state index in [1.165, 1.54) is 0 Å². The van der Waals surface area contributed by atoms with Crippen molar-refractivity contribution in [1.82, 2.24) is 0 Å². The van der Waals surface area contributed by atoms with Gasteiger partial charge in [0, 0.05) is 25.2 Å². The molecule has 0 heterocycles. The predicted octanol–water partition coefficient (Wildman–Crippen LogP) is -0.611. The van der Waals surface area contributed by atoms with Crippen molar-refractivity contribution in [3.05, 3.63) is 0 Å². The van der Waals surface area contributed by atoms with Crippen molar-refractivity contribution in [3.8, 4) is 0 Å². The summed E-state index contributed by atoms with van der Waals surface area (Å²) in [5, 5.41) is 19.1. The van der Waals surface area contributed by atoms with Gasteiger partial charge in [0.05, 0.1) is 21.1 Å². The van der Waals surface area contributed by atoms with Crippen molar-refractivity contribution < 1.29 is 33.8 Å². The van der Waals surface area contributed by atoms with Crippen LogP contribution in [0.25, 0.3) is 0 Å². The Hall–Kier alpha value is -1.63. The molecule has 0 bridgehead atoms. The van der Waals surface area contributed by atoms with Gasteiger partial charge in [-0.3, -0.25) is 9.59 Å². The van der Waals surface area contributed by atoms with Crippen LogP contribution in [0.2, 0.25) is 0 Å². The van der Waals surface area contributed by atoms with Crippen molar-refractivity contribution in [2.45, 2.75) is 38.2 Å². The van der Waals surface area contributed by atoms with E-state index in [0.29, 0.717) is 23.9 Å². The first kappa shape index (κ1) is 18.4. The van der Waals surface area contributed by atoms with Crippen molar-refractivity contribution in [2.75, 3.05) is 27.7 Å². The van der Waals surface area contributed by atoms with Gasteiger partial charge in [-0.1, -0.05) is 0 Å². The summed E-state index contributed by atoms with van der Waals surface area (Å²) in [6, 6.07) is 0. The fraction of sp³-hybridized carbons (Fsp3) is 0.769. The van der Waals surface area contributed by atoms with Crippen LogP contribution in [-0.2, 0) is 19.1 Å². The van der Waals surface area contributed by atoms with Crippen LogP contribution in [-0.4, -0.2) is 61.3 Å². The lowest BCUT2D eigenvalue weighted by Crippen LogP contribution is -2.45. The molecule has 0 aliphatic heterocycles. The van der Waals surface area contributed by atoms with E-state index in [1.54, 1.807) is 0 Å². The minimum absolute atomic E-state index is 0.00857. The quantitative estimate of drug-likeness (QED) is 0.327. The molecule has 7 heteroatoms. The molecule has 0 fully saturated rings. The van der Waals surface area contributed by atoms with Gasteiger partial charge in [-0.25, -0.2) is 0 Å². The molecule has 0 aromatic rings. The summed E-state index contributed by atoms with van der Waals surface area (Å²) in [5.74, 6) is -2.67. The molecule has 0 aliphatic rings. The molecule has 0 aliphatic carbocycles. The molecule has 20 heavy (non-hydrogen) atoms. The molecule has 0 aromatic carbocycles. The number of aliphatic carboxylic acids is 2. The molecular weight excluding hydrogens is 266 g/mol. The van der Waals surface area contributed by atoms with E-state index >= 15 is 0 Å². The molecule has 0 amide bonds. The predicted molar refractivity (Wildman–Crippen MR) is 68.5 cm³/mol. The highest BCUT2D eigenvalue weighted by Crippen LogP contribution is 2.08. The standard InChI is InChI=1S/C13H23NO6/c1-14(2,3)9-10(8-12(17)18)20-13(19)7-5-4-6-11(15)16/h10H,4-9H2,1-3H3,(H-,15,16,17,18). The number of carbonyl (C=O) groups excluding carboxylic acids is 2. The van der Waals surface area contributed by atoms with Gasteiger partial charge in [0.1, 0.15) is 6.54 Å². The van der Waals surface area contributed by atoms with E-state index in [1.807, 2.05) is 21.1 Å². The Morgan fingerprint density at radius 3 is 2.15 bits per heavy atom. The molecule has 116 valence electrons. The number of likely N-dealkylation sites (N-methyl/N-ethyl adjacent to an activating group) is 1. The minimum Gasteiger partial charge on any atom is -0.550 e. The fourth-order valence-corrected chi connectivity index (χ4v) is 1.73. The summed E-state index contributed by atoms with van der Waals surface area (Å²) in [6.45, 7) is 0.370. The zero-order chi connectivity index (χ0) is 15.8. The minimum atomic E-state index is -1.26. The van der Waals surface area contributed by atoms with Crippen LogP contribution in [0.5, 0.6) is 0 Å². The topological polar surface area (TPSA) is 104 Å². The van der Waals surface area contributed by atoms with Gasteiger partial charge in [-0.15, -0.1) is 0 Å². The Morgan fingerprint density at radius 2 is 1.70 bits per heavy atom. The number of hydrogen-bond donors (Lipinski definition) is 1. The monoisotopic (exact) mass is 289 g/mol. The van der Waals surface area contributed by atoms with E-state index in [9.17, 15) is 19.5 Å². The molecule has 0 radical (unpaired) electrons. The van der Waals surface area contributed by atoms with Crippen LogP contribution in [0.4, 0.5) is 0 Å². The van der Waals surface area contributed by atoms with Crippen LogP contribution < -0.4 is 5.11 Å². The number of unbranched alkanes of at least 4 members (excludes halogenated alkanes) is 1. The summed E-state index contributed by atoms with van der Waals surface area (Å²) in [6.07, 6.45) is -0.163. The van der Waals surface area contributed by atoms with Gasteiger partial charge in [-0.05, 0) is 12.8 Å². The first-order chi connectivity index (χ1) is 9.10. The molecule has 1 N–H and O–H groups in total. The fourth-order valence-electron chi connectivity index (χ4n) is 1.73. The van der Waals surface area contributed by atoms with Crippen molar-refractivity contribution >= 4 is 17.9 Å². The van der Waals surface area contributed by atoms with E-state index in [2.05, 4.69) is 0 Å². The molecule has 1 atom stereocenters. The van der Waals surface area contributed by atoms with Crippen LogP contribution in [0.3, 0.4) is 0 Å². The maximum atomic E-state index is 11.6. The zero-order valence-electron chi connectivity index (χ0n) is 12.3. The number of nitrogens with zero attached hydrogens (tertiary/aromatic N) is 1. The van der Waals surface area contributed by atoms with Gasteiger partial charge in [-0.2, -0.15) is 0 Å². The van der Waals surface area contributed by atoms with Gasteiger partial charge < -0.3 is 24.2 Å². The first-order valence-electron chi connectivity index (χ1n) is 6.51. The lowest BCUT2D eigenvalue weighted by molar-refractivity contribution is -0.873. The second-order valence-corrected chi connectivity index (χ2v) is 5.76. The number of carbonyl (C=O) groups is 3. The number of rotatable bonds is 10. The van der Waals surface area contributed by atoms with Crippen LogP contribution in [0, 0.1) is 0 Å². The van der Waals surface area contributed by atoms with Gasteiger partial charge in [0.2, 0.25) is 0 Å². The van der Waals surface area contributed by atoms with Crippen LogP contribution >= 0.6 is 0 Å². The second-order valence-electron chi connectivity index (χ2n) is 5.76. The molecule has 0 saturated heterocycles. The van der Waals surface area contributed by atoms with E-state index in [-0.39, 0.29) is 19.3 Å². The number of carboxylic acids is 2. The third-order valence-electron chi connectivity index (χ3n) is 2.47. The highest BCUT2D eigenvalue weighted by molar-refractivity contribution is 5.71. The highest BCUT2D eigenvalue weighted by atomic mass is 16.5. The summed E-state index contributed by atoms with van der Waals surface area (Å²) in [5.41, 5.74) is 0. The van der Waals surface area contributed by atoms with E-state index in [4.69, 9.17) is 9.84 Å². The highest BCUT2D eigenvalue weighted by Gasteiger charge is 2.22. The number of quaternary nitrogens is 1. The molecule has 1 unspecified atom stereocenters. The number of esters is 1. The molecule has 7 nitrogen and oxygen atoms in total. The molecule has 0 rings (SSSR count). The van der Waals surface area contributed by atoms with Gasteiger partial charge in [0.25, 0.3) is 0 Å². The molecular formula is C13H23NO6. The second kappa shape index (κ2) is 8.52. The molecule has 0 aromatic heterocycles. The third kappa shape index (κ3) is 11.5. The van der Waals surface area contributed by atoms with E-state index < -0.39 is 24.0 Å². The third-order valence-corrected chi connectivity index (χ3v) is 2.47. The smallest absolute Gasteiger partial charge is 0.306 e. The molecule has 0 spiro atoms. The number of carboxylic acid groups (broad SMARTS) is 2. The normalized spacial score (nSPS) is 12.8. The Morgan fingerprint density at radius 1 is 1.15 bits per heavy atom. The summed E-state index contributed by atoms with van der Waals surface area (Å²) in [4.78, 5) is 32.5. The Labute approximate surface area is 118 Å². The average molecular weight is 289 g/mol. The van der Waals surface area contributed by atoms with E-state index in [0.717, 1.165) is 0 Å². The van der Waals surface area contributed by atoms with Crippen LogP contribution in [0.1, 0.15) is 32.1 Å². The Bertz CT molecular complexity index is 347. The lowest BCUT2D eigenvalue weighted by Gasteiger charge is -2.29. The van der Waals surface area contributed by atoms with Crippen LogP contribution in [0.15, 0.2) is 0 Å². The Balaban J connectivity index is 4.18. The first-order valence-corrected chi connectivity index (χ1v) is 6.51. The zero-order valence-corrected chi connectivity index (χ0v) is 12.3.